The average Bonchev–Trinajstić information content (AvgIpc) is 3.85. The van der Waals surface area contributed by atoms with Gasteiger partial charge in [0.2, 0.25) is 5.91 Å². The molecule has 0 aliphatic heterocycles. The van der Waals surface area contributed by atoms with Crippen molar-refractivity contribution in [2.45, 2.75) is 24.7 Å². The van der Waals surface area contributed by atoms with Crippen molar-refractivity contribution in [3.63, 3.8) is 0 Å². The summed E-state index contributed by atoms with van der Waals surface area (Å²) in [6.07, 6.45) is -0.302. The molecule has 0 radical (unpaired) electrons. The number of hydrogen-bond donors (Lipinski definition) is 5. The Hall–Kier alpha value is -7.93. The zero-order valence-corrected chi connectivity index (χ0v) is 36.3. The molecular weight excluding hydrogens is 835 g/mol. The van der Waals surface area contributed by atoms with Crippen molar-refractivity contribution in [1.82, 2.24) is 26.6 Å². The Kier molecular flexibility index (Phi) is 14.6. The zero-order valence-electron chi connectivity index (χ0n) is 36.3. The summed E-state index contributed by atoms with van der Waals surface area (Å²) in [5.41, 5.74) is 10.3. The monoisotopic (exact) mass is 885 g/mol. The molecule has 66 heavy (non-hydrogen) atoms. The number of nitrogens with one attached hydrogen (secondary N) is 5. The molecule has 13 nitrogen and oxygen atoms in total. The van der Waals surface area contributed by atoms with Crippen LogP contribution in [0.5, 0.6) is 5.75 Å². The SMILES string of the molecule is O=C(CCc1ccccc1)NCCOc1cc(C(=O)NCCNC(=O)OCC2c3ccccc3-c3ccccc32)cc(C(=O)NCCNC(=O)OCC2c3ccccc3-c3ccccc32)c1. The Bertz CT molecular complexity index is 2470. The van der Waals surface area contributed by atoms with E-state index >= 15 is 0 Å². The first-order valence-electron chi connectivity index (χ1n) is 22.1. The lowest BCUT2D eigenvalue weighted by Crippen LogP contribution is -2.36. The van der Waals surface area contributed by atoms with Gasteiger partial charge in [-0.25, -0.2) is 9.59 Å². The molecule has 0 unspecified atom stereocenters. The molecule has 8 rings (SSSR count). The van der Waals surface area contributed by atoms with Crippen LogP contribution in [0.2, 0.25) is 0 Å². The van der Waals surface area contributed by atoms with Crippen molar-refractivity contribution < 1.29 is 38.2 Å². The van der Waals surface area contributed by atoms with Crippen LogP contribution in [0.4, 0.5) is 9.59 Å². The molecule has 0 heterocycles. The third-order valence-corrected chi connectivity index (χ3v) is 11.7. The first-order valence-corrected chi connectivity index (χ1v) is 22.1. The van der Waals surface area contributed by atoms with Gasteiger partial charge < -0.3 is 40.8 Å². The predicted octanol–water partition coefficient (Wildman–Crippen LogP) is 7.35. The standard InChI is InChI=1S/C53H51N5O8/c59-49(23-22-35-12-2-1-3-13-35)54-28-29-64-38-31-36(50(60)55-24-26-57-52(62)65-33-47-43-18-8-4-14-39(43)40-15-5-9-19-44(40)47)30-37(32-38)51(61)56-25-27-58-53(63)66-34-48-45-20-10-6-16-41(45)42-17-7-11-21-46(42)48/h1-21,30-32,47-48H,22-29,33-34H2,(H,54,59)(H,55,60)(H,56,61)(H,57,62)(H,58,63). The fraction of sp³-hybridized carbons (Fsp3) is 0.226. The smallest absolute Gasteiger partial charge is 0.407 e. The van der Waals surface area contributed by atoms with Crippen molar-refractivity contribution in [2.75, 3.05) is 52.5 Å². The Morgan fingerprint density at radius 1 is 0.439 bits per heavy atom. The average molecular weight is 886 g/mol. The van der Waals surface area contributed by atoms with Gasteiger partial charge in [-0.15, -0.1) is 0 Å². The van der Waals surface area contributed by atoms with Gasteiger partial charge in [0, 0.05) is 55.6 Å². The third kappa shape index (κ3) is 11.0. The summed E-state index contributed by atoms with van der Waals surface area (Å²) < 4.78 is 17.1. The second-order valence-corrected chi connectivity index (χ2v) is 15.9. The number of alkyl carbamates (subject to hydrolysis) is 2. The van der Waals surface area contributed by atoms with Crippen LogP contribution in [0.15, 0.2) is 146 Å². The molecule has 0 aromatic heterocycles. The molecule has 5 amide bonds. The molecule has 2 aliphatic rings. The number of amides is 5. The molecule has 6 aromatic rings. The highest BCUT2D eigenvalue weighted by molar-refractivity contribution is 6.00. The molecular formula is C53H51N5O8. The van der Waals surface area contributed by atoms with Crippen molar-refractivity contribution in [3.05, 3.63) is 185 Å². The Labute approximate surface area is 383 Å². The van der Waals surface area contributed by atoms with E-state index < -0.39 is 24.0 Å². The van der Waals surface area contributed by atoms with Gasteiger partial charge in [-0.3, -0.25) is 14.4 Å². The fourth-order valence-electron chi connectivity index (χ4n) is 8.48. The van der Waals surface area contributed by atoms with E-state index in [2.05, 4.69) is 50.8 Å². The van der Waals surface area contributed by atoms with Crippen molar-refractivity contribution in [2.24, 2.45) is 0 Å². The number of carbonyl (C=O) groups excluding carboxylic acids is 5. The maximum atomic E-state index is 13.4. The zero-order chi connectivity index (χ0) is 45.7. The van der Waals surface area contributed by atoms with Gasteiger partial charge in [0.1, 0.15) is 25.6 Å². The Morgan fingerprint density at radius 2 is 0.848 bits per heavy atom. The van der Waals surface area contributed by atoms with E-state index in [9.17, 15) is 24.0 Å². The summed E-state index contributed by atoms with van der Waals surface area (Å²) in [4.78, 5) is 64.8. The molecule has 0 bridgehead atoms. The summed E-state index contributed by atoms with van der Waals surface area (Å²) in [6.45, 7) is 0.933. The van der Waals surface area contributed by atoms with E-state index in [0.717, 1.165) is 50.1 Å². The fourth-order valence-corrected chi connectivity index (χ4v) is 8.48. The van der Waals surface area contributed by atoms with Crippen LogP contribution in [0, 0.1) is 0 Å². The molecule has 0 saturated heterocycles. The van der Waals surface area contributed by atoms with Crippen LogP contribution < -0.4 is 31.3 Å². The van der Waals surface area contributed by atoms with Crippen molar-refractivity contribution in [1.29, 1.82) is 0 Å². The molecule has 0 fully saturated rings. The van der Waals surface area contributed by atoms with E-state index in [1.807, 2.05) is 103 Å². The van der Waals surface area contributed by atoms with E-state index in [-0.39, 0.29) is 87.2 Å². The summed E-state index contributed by atoms with van der Waals surface area (Å²) >= 11 is 0. The maximum Gasteiger partial charge on any atom is 0.407 e. The molecule has 0 atom stereocenters. The van der Waals surface area contributed by atoms with Crippen molar-refractivity contribution in [3.8, 4) is 28.0 Å². The summed E-state index contributed by atoms with van der Waals surface area (Å²) in [6, 6.07) is 46.5. The molecule has 0 spiro atoms. The van der Waals surface area contributed by atoms with Gasteiger partial charge in [-0.05, 0) is 74.7 Å². The highest BCUT2D eigenvalue weighted by Gasteiger charge is 2.30. The van der Waals surface area contributed by atoms with E-state index in [4.69, 9.17) is 14.2 Å². The molecule has 13 heteroatoms. The highest BCUT2D eigenvalue weighted by Crippen LogP contribution is 2.45. The largest absolute Gasteiger partial charge is 0.492 e. The van der Waals surface area contributed by atoms with Crippen LogP contribution >= 0.6 is 0 Å². The maximum absolute atomic E-state index is 13.4. The lowest BCUT2D eigenvalue weighted by atomic mass is 9.98. The number of rotatable bonds is 19. The lowest BCUT2D eigenvalue weighted by Gasteiger charge is -2.15. The van der Waals surface area contributed by atoms with Crippen molar-refractivity contribution >= 4 is 29.9 Å². The molecule has 6 aromatic carbocycles. The second-order valence-electron chi connectivity index (χ2n) is 15.9. The number of hydrogen-bond acceptors (Lipinski definition) is 8. The van der Waals surface area contributed by atoms with Gasteiger partial charge in [0.15, 0.2) is 0 Å². The third-order valence-electron chi connectivity index (χ3n) is 11.7. The van der Waals surface area contributed by atoms with Gasteiger partial charge in [0.25, 0.3) is 11.8 Å². The lowest BCUT2D eigenvalue weighted by molar-refractivity contribution is -0.121. The van der Waals surface area contributed by atoms with Crippen LogP contribution in [0.1, 0.15) is 66.8 Å². The minimum atomic E-state index is -0.610. The number of carbonyl (C=O) groups is 5. The summed E-state index contributed by atoms with van der Waals surface area (Å²) in [7, 11) is 0. The summed E-state index contributed by atoms with van der Waals surface area (Å²) in [5, 5.41) is 13.8. The van der Waals surface area contributed by atoms with Gasteiger partial charge in [-0.1, -0.05) is 127 Å². The molecule has 336 valence electrons. The topological polar surface area (TPSA) is 173 Å². The summed E-state index contributed by atoms with van der Waals surface area (Å²) in [5.74, 6) is -1.08. The van der Waals surface area contributed by atoms with Gasteiger partial charge in [-0.2, -0.15) is 0 Å². The van der Waals surface area contributed by atoms with Crippen LogP contribution in [-0.4, -0.2) is 82.5 Å². The molecule has 5 N–H and O–H groups in total. The first kappa shape index (κ1) is 44.7. The van der Waals surface area contributed by atoms with Gasteiger partial charge >= 0.3 is 12.2 Å². The number of ether oxygens (including phenoxy) is 3. The minimum Gasteiger partial charge on any atom is -0.492 e. The predicted molar refractivity (Wildman–Crippen MR) is 251 cm³/mol. The number of aryl methyl sites for hydroxylation is 1. The minimum absolute atomic E-state index is 0.0756. The Morgan fingerprint density at radius 3 is 1.30 bits per heavy atom. The number of fused-ring (bicyclic) bond motifs is 6. The first-order chi connectivity index (χ1) is 32.3. The quantitative estimate of drug-likeness (QED) is 0.0526. The van der Waals surface area contributed by atoms with Crippen LogP contribution in [0.3, 0.4) is 0 Å². The molecule has 0 saturated carbocycles. The number of benzene rings is 6. The normalized spacial score (nSPS) is 12.1. The van der Waals surface area contributed by atoms with E-state index in [1.165, 1.54) is 18.2 Å². The van der Waals surface area contributed by atoms with Crippen LogP contribution in [-0.2, 0) is 20.7 Å². The van der Waals surface area contributed by atoms with E-state index in [1.54, 1.807) is 0 Å². The highest BCUT2D eigenvalue weighted by atomic mass is 16.6. The molecule has 2 aliphatic carbocycles. The van der Waals surface area contributed by atoms with Crippen LogP contribution in [0.25, 0.3) is 22.3 Å². The van der Waals surface area contributed by atoms with Gasteiger partial charge in [0.05, 0.1) is 6.54 Å². The second kappa shape index (κ2) is 21.6. The Balaban J connectivity index is 0.814. The van der Waals surface area contributed by atoms with E-state index in [0.29, 0.717) is 12.8 Å².